The first-order valence-electron chi connectivity index (χ1n) is 9.27. The Morgan fingerprint density at radius 2 is 1.93 bits per heavy atom. The van der Waals surface area contributed by atoms with Gasteiger partial charge in [-0.05, 0) is 47.9 Å². The first-order valence-corrected chi connectivity index (χ1v) is 9.65. The molecular weight excluding hydrogens is 388 g/mol. The lowest BCUT2D eigenvalue weighted by Gasteiger charge is -2.13. The molecule has 0 fully saturated rings. The molecule has 1 amide bonds. The minimum Gasteiger partial charge on any atom is -0.459 e. The van der Waals surface area contributed by atoms with Crippen molar-refractivity contribution in [2.75, 3.05) is 18.9 Å². The lowest BCUT2D eigenvalue weighted by molar-refractivity contribution is 0.0996. The number of carbonyl (C=O) groups excluding carboxylic acids is 1. The summed E-state index contributed by atoms with van der Waals surface area (Å²) in [7, 11) is 1.73. The zero-order valence-electron chi connectivity index (χ0n) is 16.1. The molecule has 29 heavy (non-hydrogen) atoms. The zero-order chi connectivity index (χ0) is 20.5. The van der Waals surface area contributed by atoms with Crippen LogP contribution in [0.15, 0.2) is 76.3 Å². The third-order valence-corrected chi connectivity index (χ3v) is 4.63. The summed E-state index contributed by atoms with van der Waals surface area (Å²) < 4.78 is 5.11. The molecule has 0 saturated carbocycles. The van der Waals surface area contributed by atoms with E-state index in [4.69, 9.17) is 16.0 Å². The molecule has 0 saturated heterocycles. The van der Waals surface area contributed by atoms with E-state index < -0.39 is 0 Å². The van der Waals surface area contributed by atoms with Crippen molar-refractivity contribution >= 4 is 29.2 Å². The number of anilines is 1. The SMILES string of the molecule is CN=C(NCCc1ccccc1Cl)NCc1cccc(NC(=O)c2ccco2)c1. The molecule has 0 radical (unpaired) electrons. The largest absolute Gasteiger partial charge is 0.459 e. The van der Waals surface area contributed by atoms with Crippen LogP contribution in [0.3, 0.4) is 0 Å². The molecule has 0 aliphatic heterocycles. The maximum Gasteiger partial charge on any atom is 0.291 e. The summed E-state index contributed by atoms with van der Waals surface area (Å²) in [5.41, 5.74) is 2.81. The van der Waals surface area contributed by atoms with Crippen molar-refractivity contribution in [3.8, 4) is 0 Å². The highest BCUT2D eigenvalue weighted by atomic mass is 35.5. The number of halogens is 1. The highest BCUT2D eigenvalue weighted by Gasteiger charge is 2.09. The topological polar surface area (TPSA) is 78.7 Å². The monoisotopic (exact) mass is 410 g/mol. The van der Waals surface area contributed by atoms with Crippen LogP contribution in [0.25, 0.3) is 0 Å². The third kappa shape index (κ3) is 6.12. The molecule has 2 aromatic carbocycles. The van der Waals surface area contributed by atoms with E-state index in [-0.39, 0.29) is 11.7 Å². The number of nitrogens with zero attached hydrogens (tertiary/aromatic N) is 1. The van der Waals surface area contributed by atoms with Gasteiger partial charge in [-0.3, -0.25) is 9.79 Å². The lowest BCUT2D eigenvalue weighted by atomic mass is 10.1. The van der Waals surface area contributed by atoms with Crippen LogP contribution < -0.4 is 16.0 Å². The van der Waals surface area contributed by atoms with Crippen LogP contribution in [0, 0.1) is 0 Å². The summed E-state index contributed by atoms with van der Waals surface area (Å²) in [5, 5.41) is 10.1. The first-order chi connectivity index (χ1) is 14.2. The van der Waals surface area contributed by atoms with Crippen molar-refractivity contribution in [3.63, 3.8) is 0 Å². The van der Waals surface area contributed by atoms with E-state index in [1.54, 1.807) is 19.2 Å². The number of furan rings is 1. The van der Waals surface area contributed by atoms with Crippen molar-refractivity contribution < 1.29 is 9.21 Å². The van der Waals surface area contributed by atoms with Crippen LogP contribution >= 0.6 is 11.6 Å². The van der Waals surface area contributed by atoms with E-state index in [2.05, 4.69) is 20.9 Å². The lowest BCUT2D eigenvalue weighted by Crippen LogP contribution is -2.37. The fourth-order valence-corrected chi connectivity index (χ4v) is 3.01. The number of carbonyl (C=O) groups is 1. The quantitative estimate of drug-likeness (QED) is 0.405. The van der Waals surface area contributed by atoms with Gasteiger partial charge in [0, 0.05) is 30.8 Å². The average Bonchev–Trinajstić information content (AvgIpc) is 3.27. The molecule has 3 aromatic rings. The predicted octanol–water partition coefficient (Wildman–Crippen LogP) is 4.09. The minimum atomic E-state index is -0.280. The number of guanidine groups is 1. The normalized spacial score (nSPS) is 11.2. The Morgan fingerprint density at radius 3 is 2.69 bits per heavy atom. The fourth-order valence-electron chi connectivity index (χ4n) is 2.78. The number of hydrogen-bond donors (Lipinski definition) is 3. The molecule has 7 heteroatoms. The molecule has 1 heterocycles. The molecule has 0 atom stereocenters. The van der Waals surface area contributed by atoms with Crippen molar-refractivity contribution in [2.24, 2.45) is 4.99 Å². The number of nitrogens with one attached hydrogen (secondary N) is 3. The number of rotatable bonds is 7. The van der Waals surface area contributed by atoms with Gasteiger partial charge in [-0.15, -0.1) is 0 Å². The second-order valence-electron chi connectivity index (χ2n) is 6.33. The van der Waals surface area contributed by atoms with Crippen LogP contribution in [0.2, 0.25) is 5.02 Å². The predicted molar refractivity (Wildman–Crippen MR) is 116 cm³/mol. The number of aliphatic imine (C=N–C) groups is 1. The Kier molecular flexibility index (Phi) is 7.30. The van der Waals surface area contributed by atoms with Gasteiger partial charge in [-0.2, -0.15) is 0 Å². The number of hydrogen-bond acceptors (Lipinski definition) is 3. The standard InChI is InChI=1S/C22H23ClN4O2/c1-24-22(25-12-11-17-7-2-3-9-19(17)23)26-15-16-6-4-8-18(14-16)27-21(28)20-10-5-13-29-20/h2-10,13-14H,11-12,15H2,1H3,(H,27,28)(H2,24,25,26). The second-order valence-corrected chi connectivity index (χ2v) is 6.73. The Balaban J connectivity index is 1.49. The van der Waals surface area contributed by atoms with Crippen LogP contribution in [0.1, 0.15) is 21.7 Å². The van der Waals surface area contributed by atoms with Crippen molar-refractivity contribution in [3.05, 3.63) is 88.8 Å². The summed E-state index contributed by atoms with van der Waals surface area (Å²) in [5.74, 6) is 0.691. The maximum absolute atomic E-state index is 12.1. The van der Waals surface area contributed by atoms with E-state index in [1.165, 1.54) is 6.26 Å². The van der Waals surface area contributed by atoms with Gasteiger partial charge in [0.15, 0.2) is 11.7 Å². The van der Waals surface area contributed by atoms with E-state index in [0.717, 1.165) is 22.6 Å². The highest BCUT2D eigenvalue weighted by Crippen LogP contribution is 2.15. The van der Waals surface area contributed by atoms with Crippen LogP contribution in [-0.4, -0.2) is 25.5 Å². The smallest absolute Gasteiger partial charge is 0.291 e. The molecule has 0 unspecified atom stereocenters. The molecule has 0 aliphatic rings. The Morgan fingerprint density at radius 1 is 1.07 bits per heavy atom. The van der Waals surface area contributed by atoms with Crippen molar-refractivity contribution in [1.29, 1.82) is 0 Å². The molecular formula is C22H23ClN4O2. The van der Waals surface area contributed by atoms with Crippen LogP contribution in [-0.2, 0) is 13.0 Å². The van der Waals surface area contributed by atoms with E-state index in [1.807, 2.05) is 48.5 Å². The summed E-state index contributed by atoms with van der Waals surface area (Å²) >= 11 is 6.19. The van der Waals surface area contributed by atoms with Gasteiger partial charge >= 0.3 is 0 Å². The molecule has 6 nitrogen and oxygen atoms in total. The highest BCUT2D eigenvalue weighted by molar-refractivity contribution is 6.31. The fraction of sp³-hybridized carbons (Fsp3) is 0.182. The molecule has 0 bridgehead atoms. The van der Waals surface area contributed by atoms with Gasteiger partial charge in [0.1, 0.15) is 0 Å². The summed E-state index contributed by atoms with van der Waals surface area (Å²) in [4.78, 5) is 16.3. The van der Waals surface area contributed by atoms with Crippen molar-refractivity contribution in [2.45, 2.75) is 13.0 Å². The second kappa shape index (κ2) is 10.3. The molecule has 0 spiro atoms. The van der Waals surface area contributed by atoms with Crippen LogP contribution in [0.4, 0.5) is 5.69 Å². The number of benzene rings is 2. The molecule has 0 aliphatic carbocycles. The summed E-state index contributed by atoms with van der Waals surface area (Å²) in [6, 6.07) is 18.7. The van der Waals surface area contributed by atoms with E-state index in [0.29, 0.717) is 24.7 Å². The zero-order valence-corrected chi connectivity index (χ0v) is 16.9. The first kappa shape index (κ1) is 20.5. The van der Waals surface area contributed by atoms with Gasteiger partial charge in [0.05, 0.1) is 6.26 Å². The van der Waals surface area contributed by atoms with Gasteiger partial charge in [-0.1, -0.05) is 41.9 Å². The van der Waals surface area contributed by atoms with Gasteiger partial charge < -0.3 is 20.4 Å². The van der Waals surface area contributed by atoms with E-state index >= 15 is 0 Å². The van der Waals surface area contributed by atoms with Gasteiger partial charge in [0.2, 0.25) is 0 Å². The summed E-state index contributed by atoms with van der Waals surface area (Å²) in [6.45, 7) is 1.28. The Labute approximate surface area is 175 Å². The van der Waals surface area contributed by atoms with Gasteiger partial charge in [-0.25, -0.2) is 0 Å². The maximum atomic E-state index is 12.1. The number of amides is 1. The summed E-state index contributed by atoms with van der Waals surface area (Å²) in [6.07, 6.45) is 2.27. The average molecular weight is 411 g/mol. The molecule has 1 aromatic heterocycles. The van der Waals surface area contributed by atoms with Crippen LogP contribution in [0.5, 0.6) is 0 Å². The Bertz CT molecular complexity index is 970. The third-order valence-electron chi connectivity index (χ3n) is 4.26. The molecule has 3 rings (SSSR count). The van der Waals surface area contributed by atoms with Gasteiger partial charge in [0.25, 0.3) is 5.91 Å². The molecule has 150 valence electrons. The molecule has 3 N–H and O–H groups in total. The Hall–Kier alpha value is -3.25. The minimum absolute atomic E-state index is 0.275. The van der Waals surface area contributed by atoms with Crippen molar-refractivity contribution in [1.82, 2.24) is 10.6 Å². The van der Waals surface area contributed by atoms with E-state index in [9.17, 15) is 4.79 Å².